The standard InChI is InChI=1S/C20H28O3/c1-20-11-10-14-13-15(21-2)6-7-16(14)17(20)8-9-18(20)23-19-5-3-4-12-22-19/h6-7,13,17-19H,3-5,8-12H2,1-2H3/t17-,18-,19?,20-/m0/s1. The Bertz CT molecular complexity index is 564. The Morgan fingerprint density at radius 3 is 2.87 bits per heavy atom. The lowest BCUT2D eigenvalue weighted by atomic mass is 9.66. The number of methoxy groups -OCH3 is 1. The van der Waals surface area contributed by atoms with Crippen molar-refractivity contribution in [3.63, 3.8) is 0 Å². The third kappa shape index (κ3) is 2.68. The second kappa shape index (κ2) is 6.10. The number of aryl methyl sites for hydroxylation is 1. The van der Waals surface area contributed by atoms with Crippen LogP contribution in [0.1, 0.15) is 62.5 Å². The fraction of sp³-hybridized carbons (Fsp3) is 0.700. The molecule has 126 valence electrons. The molecule has 1 saturated carbocycles. The predicted octanol–water partition coefficient (Wildman–Crippen LogP) is 4.44. The molecule has 1 saturated heterocycles. The molecule has 0 N–H and O–H groups in total. The molecule has 4 rings (SSSR count). The van der Waals surface area contributed by atoms with Crippen LogP contribution in [0.25, 0.3) is 0 Å². The molecule has 2 aliphatic carbocycles. The van der Waals surface area contributed by atoms with Crippen LogP contribution in [0.15, 0.2) is 18.2 Å². The van der Waals surface area contributed by atoms with Crippen LogP contribution in [0.4, 0.5) is 0 Å². The first-order valence-electron chi connectivity index (χ1n) is 9.14. The highest BCUT2D eigenvalue weighted by molar-refractivity contribution is 5.41. The molecule has 23 heavy (non-hydrogen) atoms. The molecule has 0 amide bonds. The van der Waals surface area contributed by atoms with Crippen molar-refractivity contribution in [1.29, 1.82) is 0 Å². The average molecular weight is 316 g/mol. The Labute approximate surface area is 139 Å². The molecule has 0 bridgehead atoms. The molecule has 4 atom stereocenters. The van der Waals surface area contributed by atoms with Crippen LogP contribution in [-0.4, -0.2) is 26.1 Å². The van der Waals surface area contributed by atoms with Crippen LogP contribution in [0, 0.1) is 5.41 Å². The third-order valence-corrected chi connectivity index (χ3v) is 6.36. The van der Waals surface area contributed by atoms with Gasteiger partial charge in [-0.3, -0.25) is 0 Å². The molecule has 0 aromatic heterocycles. The summed E-state index contributed by atoms with van der Waals surface area (Å²) < 4.78 is 17.7. The smallest absolute Gasteiger partial charge is 0.157 e. The molecular weight excluding hydrogens is 288 g/mol. The van der Waals surface area contributed by atoms with Gasteiger partial charge in [0.2, 0.25) is 0 Å². The van der Waals surface area contributed by atoms with E-state index in [1.54, 1.807) is 7.11 Å². The average Bonchev–Trinajstić information content (AvgIpc) is 2.92. The molecule has 1 aromatic carbocycles. The Morgan fingerprint density at radius 2 is 2.09 bits per heavy atom. The molecule has 3 aliphatic rings. The Kier molecular flexibility index (Phi) is 4.10. The van der Waals surface area contributed by atoms with Crippen molar-refractivity contribution in [2.24, 2.45) is 5.41 Å². The zero-order chi connectivity index (χ0) is 15.9. The van der Waals surface area contributed by atoms with Gasteiger partial charge in [0.1, 0.15) is 5.75 Å². The topological polar surface area (TPSA) is 27.7 Å². The second-order valence-corrected chi connectivity index (χ2v) is 7.62. The minimum atomic E-state index is 0.0292. The van der Waals surface area contributed by atoms with E-state index in [9.17, 15) is 0 Å². The van der Waals surface area contributed by atoms with E-state index in [2.05, 4.69) is 25.1 Å². The first-order chi connectivity index (χ1) is 11.2. The van der Waals surface area contributed by atoms with Crippen molar-refractivity contribution in [1.82, 2.24) is 0 Å². The van der Waals surface area contributed by atoms with Gasteiger partial charge >= 0.3 is 0 Å². The molecule has 1 aliphatic heterocycles. The molecule has 1 unspecified atom stereocenters. The first-order valence-corrected chi connectivity index (χ1v) is 9.14. The van der Waals surface area contributed by atoms with Gasteiger partial charge in [0, 0.05) is 12.0 Å². The van der Waals surface area contributed by atoms with Crippen molar-refractivity contribution in [2.45, 2.75) is 70.2 Å². The van der Waals surface area contributed by atoms with Gasteiger partial charge in [-0.25, -0.2) is 0 Å². The molecule has 3 heteroatoms. The van der Waals surface area contributed by atoms with Crippen LogP contribution >= 0.6 is 0 Å². The summed E-state index contributed by atoms with van der Waals surface area (Å²) in [6, 6.07) is 6.63. The lowest BCUT2D eigenvalue weighted by molar-refractivity contribution is -0.207. The molecule has 2 fully saturated rings. The van der Waals surface area contributed by atoms with E-state index in [0.29, 0.717) is 12.0 Å². The summed E-state index contributed by atoms with van der Waals surface area (Å²) in [7, 11) is 1.75. The van der Waals surface area contributed by atoms with Crippen molar-refractivity contribution in [3.05, 3.63) is 29.3 Å². The zero-order valence-corrected chi connectivity index (χ0v) is 14.3. The minimum absolute atomic E-state index is 0.0292. The monoisotopic (exact) mass is 316 g/mol. The van der Waals surface area contributed by atoms with Gasteiger partial charge in [-0.1, -0.05) is 13.0 Å². The Balaban J connectivity index is 1.54. The summed E-state index contributed by atoms with van der Waals surface area (Å²) in [5.41, 5.74) is 3.25. The highest BCUT2D eigenvalue weighted by Crippen LogP contribution is 2.57. The number of rotatable bonds is 3. The van der Waals surface area contributed by atoms with E-state index in [1.807, 2.05) is 0 Å². The van der Waals surface area contributed by atoms with Crippen LogP contribution in [0.5, 0.6) is 5.75 Å². The van der Waals surface area contributed by atoms with Gasteiger partial charge in [-0.15, -0.1) is 0 Å². The van der Waals surface area contributed by atoms with E-state index < -0.39 is 0 Å². The van der Waals surface area contributed by atoms with Crippen LogP contribution in [0.3, 0.4) is 0 Å². The lowest BCUT2D eigenvalue weighted by Crippen LogP contribution is -2.40. The highest BCUT2D eigenvalue weighted by atomic mass is 16.7. The van der Waals surface area contributed by atoms with Gasteiger partial charge in [0.05, 0.1) is 13.2 Å². The van der Waals surface area contributed by atoms with Crippen LogP contribution in [0.2, 0.25) is 0 Å². The molecule has 0 spiro atoms. The number of hydrogen-bond donors (Lipinski definition) is 0. The maximum atomic E-state index is 6.44. The van der Waals surface area contributed by atoms with Gasteiger partial charge in [0.25, 0.3) is 0 Å². The number of fused-ring (bicyclic) bond motifs is 3. The summed E-state index contributed by atoms with van der Waals surface area (Å²) in [5, 5.41) is 0. The SMILES string of the molecule is COc1ccc2c(c1)CC[C@]1(C)[C@@H](OC3CCCCO3)CC[C@@H]21. The maximum absolute atomic E-state index is 6.44. The molecule has 1 aromatic rings. The first kappa shape index (κ1) is 15.5. The van der Waals surface area contributed by atoms with E-state index in [1.165, 1.54) is 36.8 Å². The van der Waals surface area contributed by atoms with Crippen molar-refractivity contribution in [3.8, 4) is 5.75 Å². The summed E-state index contributed by atoms with van der Waals surface area (Å²) in [6.07, 6.45) is 8.57. The molecule has 1 heterocycles. The van der Waals surface area contributed by atoms with Gasteiger partial charge in [0.15, 0.2) is 6.29 Å². The van der Waals surface area contributed by atoms with Crippen molar-refractivity contribution in [2.75, 3.05) is 13.7 Å². The van der Waals surface area contributed by atoms with Crippen molar-refractivity contribution >= 4 is 0 Å². The maximum Gasteiger partial charge on any atom is 0.157 e. The zero-order valence-electron chi connectivity index (χ0n) is 14.3. The molecule has 0 radical (unpaired) electrons. The molecule has 3 nitrogen and oxygen atoms in total. The summed E-state index contributed by atoms with van der Waals surface area (Å²) >= 11 is 0. The highest BCUT2D eigenvalue weighted by Gasteiger charge is 2.50. The van der Waals surface area contributed by atoms with E-state index in [-0.39, 0.29) is 11.7 Å². The van der Waals surface area contributed by atoms with Crippen LogP contribution in [-0.2, 0) is 15.9 Å². The molecular formula is C20H28O3. The van der Waals surface area contributed by atoms with Crippen LogP contribution < -0.4 is 4.74 Å². The second-order valence-electron chi connectivity index (χ2n) is 7.62. The number of ether oxygens (including phenoxy) is 3. The summed E-state index contributed by atoms with van der Waals surface area (Å²) in [5.74, 6) is 1.60. The summed E-state index contributed by atoms with van der Waals surface area (Å²) in [6.45, 7) is 3.30. The Hall–Kier alpha value is -1.06. The summed E-state index contributed by atoms with van der Waals surface area (Å²) in [4.78, 5) is 0. The largest absolute Gasteiger partial charge is 0.497 e. The van der Waals surface area contributed by atoms with Gasteiger partial charge in [-0.2, -0.15) is 0 Å². The fourth-order valence-corrected chi connectivity index (χ4v) is 4.94. The van der Waals surface area contributed by atoms with Gasteiger partial charge in [-0.05, 0) is 74.1 Å². The lowest BCUT2D eigenvalue weighted by Gasteiger charge is -2.42. The third-order valence-electron chi connectivity index (χ3n) is 6.36. The minimum Gasteiger partial charge on any atom is -0.497 e. The fourth-order valence-electron chi connectivity index (χ4n) is 4.94. The van der Waals surface area contributed by atoms with E-state index in [4.69, 9.17) is 14.2 Å². The normalized spacial score (nSPS) is 36.3. The van der Waals surface area contributed by atoms with Crippen molar-refractivity contribution < 1.29 is 14.2 Å². The number of benzene rings is 1. The van der Waals surface area contributed by atoms with E-state index in [0.717, 1.165) is 31.6 Å². The van der Waals surface area contributed by atoms with Gasteiger partial charge < -0.3 is 14.2 Å². The predicted molar refractivity (Wildman–Crippen MR) is 89.9 cm³/mol. The van der Waals surface area contributed by atoms with E-state index >= 15 is 0 Å². The Morgan fingerprint density at radius 1 is 1.17 bits per heavy atom. The quantitative estimate of drug-likeness (QED) is 0.825. The number of hydrogen-bond acceptors (Lipinski definition) is 3.